The van der Waals surface area contributed by atoms with Crippen LogP contribution in [0.25, 0.3) is 0 Å². The summed E-state index contributed by atoms with van der Waals surface area (Å²) < 4.78 is 17.3. The van der Waals surface area contributed by atoms with Gasteiger partial charge in [-0.25, -0.2) is 0 Å². The summed E-state index contributed by atoms with van der Waals surface area (Å²) in [6, 6.07) is 13.1. The Morgan fingerprint density at radius 2 is 1.96 bits per heavy atom. The van der Waals surface area contributed by atoms with Crippen molar-refractivity contribution in [1.82, 2.24) is 5.32 Å². The lowest BCUT2D eigenvalue weighted by atomic mass is 10.2. The second kappa shape index (κ2) is 7.57. The zero-order valence-corrected chi connectivity index (χ0v) is 14.8. The molecule has 3 rings (SSSR count). The van der Waals surface area contributed by atoms with Crippen molar-refractivity contribution >= 4 is 21.8 Å². The highest BCUT2D eigenvalue weighted by Crippen LogP contribution is 2.32. The number of benzene rings is 2. The molecule has 24 heavy (non-hydrogen) atoms. The van der Waals surface area contributed by atoms with Crippen molar-refractivity contribution < 1.29 is 19.0 Å². The third-order valence-corrected chi connectivity index (χ3v) is 4.19. The number of nitrogens with one attached hydrogen (secondary N) is 1. The van der Waals surface area contributed by atoms with Crippen LogP contribution in [0.15, 0.2) is 46.9 Å². The quantitative estimate of drug-likeness (QED) is 0.816. The van der Waals surface area contributed by atoms with E-state index in [0.717, 1.165) is 15.8 Å². The van der Waals surface area contributed by atoms with Gasteiger partial charge in [-0.15, -0.1) is 0 Å². The molecule has 0 saturated heterocycles. The molecule has 0 spiro atoms. The van der Waals surface area contributed by atoms with E-state index in [0.29, 0.717) is 24.5 Å². The molecule has 0 aliphatic carbocycles. The molecule has 1 heterocycles. The van der Waals surface area contributed by atoms with Crippen molar-refractivity contribution in [3.63, 3.8) is 0 Å². The van der Waals surface area contributed by atoms with Gasteiger partial charge in [-0.2, -0.15) is 0 Å². The third-order valence-electron chi connectivity index (χ3n) is 3.66. The van der Waals surface area contributed by atoms with Gasteiger partial charge in [-0.3, -0.25) is 4.79 Å². The number of fused-ring (bicyclic) bond motifs is 1. The highest BCUT2D eigenvalue weighted by atomic mass is 79.9. The molecule has 1 amide bonds. The first-order valence-electron chi connectivity index (χ1n) is 7.74. The van der Waals surface area contributed by atoms with Gasteiger partial charge >= 0.3 is 0 Å². The molecule has 2 aromatic carbocycles. The highest BCUT2D eigenvalue weighted by molar-refractivity contribution is 9.10. The summed E-state index contributed by atoms with van der Waals surface area (Å²) >= 11 is 3.38. The highest BCUT2D eigenvalue weighted by Gasteiger charge is 2.19. The smallest absolute Gasteiger partial charge is 0.261 e. The molecule has 1 atom stereocenters. The van der Waals surface area contributed by atoms with Crippen molar-refractivity contribution in [2.75, 3.05) is 6.79 Å². The lowest BCUT2D eigenvalue weighted by Gasteiger charge is -2.17. The first kappa shape index (κ1) is 16.6. The van der Waals surface area contributed by atoms with Crippen molar-refractivity contribution in [2.24, 2.45) is 0 Å². The third kappa shape index (κ3) is 4.00. The molecular formula is C18H18BrNO4. The van der Waals surface area contributed by atoms with Crippen molar-refractivity contribution in [3.8, 4) is 17.2 Å². The van der Waals surface area contributed by atoms with E-state index in [1.807, 2.05) is 49.4 Å². The van der Waals surface area contributed by atoms with Gasteiger partial charge in [0.15, 0.2) is 17.6 Å². The van der Waals surface area contributed by atoms with Crippen LogP contribution in [0.4, 0.5) is 0 Å². The van der Waals surface area contributed by atoms with E-state index in [-0.39, 0.29) is 12.7 Å². The molecule has 0 fully saturated rings. The summed E-state index contributed by atoms with van der Waals surface area (Å²) in [5.41, 5.74) is 0.950. The Hall–Kier alpha value is -2.21. The van der Waals surface area contributed by atoms with Crippen LogP contribution in [0.5, 0.6) is 17.2 Å². The summed E-state index contributed by atoms with van der Waals surface area (Å²) in [6.07, 6.45) is 0.0587. The maximum Gasteiger partial charge on any atom is 0.261 e. The summed E-state index contributed by atoms with van der Waals surface area (Å²) in [6.45, 7) is 2.57. The van der Waals surface area contributed by atoms with Gasteiger partial charge in [0, 0.05) is 11.0 Å². The Labute approximate surface area is 149 Å². The number of hydrogen-bond acceptors (Lipinski definition) is 4. The maximum atomic E-state index is 12.4. The monoisotopic (exact) mass is 391 g/mol. The average molecular weight is 392 g/mol. The number of carbonyl (C=O) groups is 1. The van der Waals surface area contributed by atoms with E-state index in [2.05, 4.69) is 21.2 Å². The number of rotatable bonds is 6. The fraction of sp³-hybridized carbons (Fsp3) is 0.278. The van der Waals surface area contributed by atoms with Crippen LogP contribution in [0.3, 0.4) is 0 Å². The lowest BCUT2D eigenvalue weighted by molar-refractivity contribution is -0.128. The first-order chi connectivity index (χ1) is 11.7. The molecule has 0 aromatic heterocycles. The minimum atomic E-state index is -0.528. The number of ether oxygens (including phenoxy) is 3. The van der Waals surface area contributed by atoms with Crippen LogP contribution < -0.4 is 19.5 Å². The molecule has 1 unspecified atom stereocenters. The molecule has 1 aliphatic rings. The van der Waals surface area contributed by atoms with Crippen molar-refractivity contribution in [2.45, 2.75) is 26.0 Å². The molecule has 2 aromatic rings. The van der Waals surface area contributed by atoms with Crippen LogP contribution in [-0.2, 0) is 11.3 Å². The summed E-state index contributed by atoms with van der Waals surface area (Å²) in [4.78, 5) is 12.4. The average Bonchev–Trinajstić information content (AvgIpc) is 3.07. The topological polar surface area (TPSA) is 56.8 Å². The Balaban J connectivity index is 1.57. The number of halogens is 1. The standard InChI is InChI=1S/C18H18BrNO4/c1-2-15(24-14-6-4-13(19)5-7-14)18(21)20-10-12-3-8-16-17(9-12)23-11-22-16/h3-9,15H,2,10-11H2,1H3,(H,20,21). The Bertz CT molecular complexity index is 717. The van der Waals surface area contributed by atoms with Gasteiger partial charge in [-0.1, -0.05) is 28.9 Å². The zero-order chi connectivity index (χ0) is 16.9. The predicted molar refractivity (Wildman–Crippen MR) is 93.3 cm³/mol. The Morgan fingerprint density at radius 3 is 2.71 bits per heavy atom. The summed E-state index contributed by atoms with van der Waals surface area (Å²) in [7, 11) is 0. The van der Waals surface area contributed by atoms with Gasteiger partial charge < -0.3 is 19.5 Å². The number of amides is 1. The maximum absolute atomic E-state index is 12.4. The zero-order valence-electron chi connectivity index (χ0n) is 13.3. The fourth-order valence-corrected chi connectivity index (χ4v) is 2.62. The SMILES string of the molecule is CCC(Oc1ccc(Br)cc1)C(=O)NCc1ccc2c(c1)OCO2. The molecule has 1 N–H and O–H groups in total. The van der Waals surface area contributed by atoms with Crippen LogP contribution in [0.2, 0.25) is 0 Å². The lowest BCUT2D eigenvalue weighted by Crippen LogP contribution is -2.37. The van der Waals surface area contributed by atoms with Crippen LogP contribution in [-0.4, -0.2) is 18.8 Å². The summed E-state index contributed by atoms with van der Waals surface area (Å²) in [5.74, 6) is 1.97. The van der Waals surface area contributed by atoms with Crippen molar-refractivity contribution in [1.29, 1.82) is 0 Å². The molecular weight excluding hydrogens is 374 g/mol. The Morgan fingerprint density at radius 1 is 1.21 bits per heavy atom. The van der Waals surface area contributed by atoms with Gasteiger partial charge in [0.1, 0.15) is 5.75 Å². The van der Waals surface area contributed by atoms with E-state index >= 15 is 0 Å². The number of carbonyl (C=O) groups excluding carboxylic acids is 1. The predicted octanol–water partition coefficient (Wildman–Crippen LogP) is 3.65. The van der Waals surface area contributed by atoms with Crippen LogP contribution >= 0.6 is 15.9 Å². The second-order valence-electron chi connectivity index (χ2n) is 5.37. The summed E-state index contributed by atoms with van der Waals surface area (Å²) in [5, 5.41) is 2.90. The second-order valence-corrected chi connectivity index (χ2v) is 6.29. The van der Waals surface area contributed by atoms with Crippen molar-refractivity contribution in [3.05, 3.63) is 52.5 Å². The normalized spacial score (nSPS) is 13.4. The molecule has 0 saturated carbocycles. The molecule has 0 radical (unpaired) electrons. The molecule has 1 aliphatic heterocycles. The largest absolute Gasteiger partial charge is 0.481 e. The first-order valence-corrected chi connectivity index (χ1v) is 8.53. The fourth-order valence-electron chi connectivity index (χ4n) is 2.35. The van der Waals surface area contributed by atoms with Gasteiger partial charge in [0.2, 0.25) is 6.79 Å². The van der Waals surface area contributed by atoms with E-state index in [1.165, 1.54) is 0 Å². The van der Waals surface area contributed by atoms with Gasteiger partial charge in [-0.05, 0) is 48.4 Å². The molecule has 126 valence electrons. The van der Waals surface area contributed by atoms with Gasteiger partial charge in [0.05, 0.1) is 0 Å². The van der Waals surface area contributed by atoms with E-state index < -0.39 is 6.10 Å². The van der Waals surface area contributed by atoms with Crippen LogP contribution in [0.1, 0.15) is 18.9 Å². The molecule has 5 nitrogen and oxygen atoms in total. The minimum absolute atomic E-state index is 0.141. The van der Waals surface area contributed by atoms with E-state index in [4.69, 9.17) is 14.2 Å². The van der Waals surface area contributed by atoms with E-state index in [9.17, 15) is 4.79 Å². The number of hydrogen-bond donors (Lipinski definition) is 1. The minimum Gasteiger partial charge on any atom is -0.481 e. The molecule has 0 bridgehead atoms. The Kier molecular flexibility index (Phi) is 5.25. The van der Waals surface area contributed by atoms with E-state index in [1.54, 1.807) is 0 Å². The molecule has 6 heteroatoms. The van der Waals surface area contributed by atoms with Gasteiger partial charge in [0.25, 0.3) is 5.91 Å². The van der Waals surface area contributed by atoms with Crippen LogP contribution in [0, 0.1) is 0 Å².